The van der Waals surface area contributed by atoms with Crippen LogP contribution >= 0.6 is 0 Å². The zero-order valence-corrected chi connectivity index (χ0v) is 16.1. The van der Waals surface area contributed by atoms with Gasteiger partial charge in [0.25, 0.3) is 0 Å². The van der Waals surface area contributed by atoms with E-state index in [0.29, 0.717) is 18.4 Å². The largest absolute Gasteiger partial charge is 0.390 e. The summed E-state index contributed by atoms with van der Waals surface area (Å²) in [7, 11) is 0. The Morgan fingerprint density at radius 2 is 1.93 bits per heavy atom. The van der Waals surface area contributed by atoms with Crippen LogP contribution < -0.4 is 0 Å². The van der Waals surface area contributed by atoms with Crippen LogP contribution in [0, 0.1) is 22.7 Å². The standard InChI is InChI=1S/C21H27FO6/c1-18-6-5-12(24)7-11(18)3-4-13-14-8-15(25)21(28,17(27)10-23)19(14,2)9-16(26)20(13,18)22/h5-7,13-16,23,25-26,28H,3-4,8-10H2,1-2H3/t13-,14+,15-,16+,18-,19-,20+,21-/m0/s1. The van der Waals surface area contributed by atoms with Crippen molar-refractivity contribution >= 4 is 11.6 Å². The Labute approximate surface area is 162 Å². The van der Waals surface area contributed by atoms with Gasteiger partial charge in [-0.05, 0) is 50.7 Å². The average molecular weight is 394 g/mol. The Hall–Kier alpha value is -1.41. The molecule has 0 amide bonds. The molecule has 28 heavy (non-hydrogen) atoms. The van der Waals surface area contributed by atoms with Gasteiger partial charge in [0, 0.05) is 16.7 Å². The minimum Gasteiger partial charge on any atom is -0.390 e. The lowest BCUT2D eigenvalue weighted by Crippen LogP contribution is -2.69. The van der Waals surface area contributed by atoms with Gasteiger partial charge in [0.05, 0.1) is 12.2 Å². The van der Waals surface area contributed by atoms with E-state index in [-0.39, 0.29) is 18.6 Å². The van der Waals surface area contributed by atoms with E-state index in [9.17, 15) is 30.0 Å². The van der Waals surface area contributed by atoms with Crippen LogP contribution in [0.4, 0.5) is 4.39 Å². The van der Waals surface area contributed by atoms with E-state index < -0.39 is 58.5 Å². The summed E-state index contributed by atoms with van der Waals surface area (Å²) in [5, 5.41) is 42.1. The first-order valence-corrected chi connectivity index (χ1v) is 9.82. The Morgan fingerprint density at radius 1 is 1.25 bits per heavy atom. The second kappa shape index (κ2) is 5.81. The van der Waals surface area contributed by atoms with E-state index in [1.165, 1.54) is 18.2 Å². The molecule has 0 aromatic carbocycles. The molecule has 4 N–H and O–H groups in total. The second-order valence-electron chi connectivity index (χ2n) is 9.36. The van der Waals surface area contributed by atoms with Crippen LogP contribution in [0.25, 0.3) is 0 Å². The van der Waals surface area contributed by atoms with Crippen LogP contribution in [-0.4, -0.2) is 62.1 Å². The maximum absolute atomic E-state index is 16.8. The molecule has 0 saturated heterocycles. The summed E-state index contributed by atoms with van der Waals surface area (Å²) in [6.45, 7) is 2.33. The zero-order chi connectivity index (χ0) is 20.7. The minimum absolute atomic E-state index is 0.0135. The summed E-state index contributed by atoms with van der Waals surface area (Å²) in [5.41, 5.74) is -6.12. The van der Waals surface area contributed by atoms with Crippen molar-refractivity contribution in [1.29, 1.82) is 0 Å². The van der Waals surface area contributed by atoms with Crippen molar-refractivity contribution in [1.82, 2.24) is 0 Å². The number of hydrogen-bond acceptors (Lipinski definition) is 6. The molecule has 0 aromatic rings. The van der Waals surface area contributed by atoms with Crippen molar-refractivity contribution in [2.24, 2.45) is 22.7 Å². The van der Waals surface area contributed by atoms with Crippen molar-refractivity contribution in [2.75, 3.05) is 6.61 Å². The third-order valence-electron chi connectivity index (χ3n) is 8.43. The molecule has 8 atom stereocenters. The molecule has 0 spiro atoms. The fourth-order valence-corrected chi connectivity index (χ4v) is 6.85. The summed E-state index contributed by atoms with van der Waals surface area (Å²) in [4.78, 5) is 24.2. The van der Waals surface area contributed by atoms with Gasteiger partial charge in [0.2, 0.25) is 0 Å². The van der Waals surface area contributed by atoms with Crippen molar-refractivity contribution in [3.05, 3.63) is 23.8 Å². The highest BCUT2D eigenvalue weighted by molar-refractivity contribution is 6.01. The first-order valence-electron chi connectivity index (χ1n) is 9.82. The molecule has 154 valence electrons. The van der Waals surface area contributed by atoms with E-state index in [2.05, 4.69) is 0 Å². The smallest absolute Gasteiger partial charge is 0.192 e. The fourth-order valence-electron chi connectivity index (χ4n) is 6.85. The number of Topliss-reactive ketones (excluding diaryl/α,β-unsaturated/α-hetero) is 1. The third kappa shape index (κ3) is 2.01. The van der Waals surface area contributed by atoms with Gasteiger partial charge in [0.1, 0.15) is 6.61 Å². The number of ketones is 2. The lowest BCUT2D eigenvalue weighted by atomic mass is 9.44. The van der Waals surface area contributed by atoms with Crippen LogP contribution in [-0.2, 0) is 9.59 Å². The highest BCUT2D eigenvalue weighted by Gasteiger charge is 2.76. The van der Waals surface area contributed by atoms with Crippen LogP contribution in [0.1, 0.15) is 39.5 Å². The molecule has 0 aliphatic heterocycles. The van der Waals surface area contributed by atoms with Gasteiger partial charge in [-0.3, -0.25) is 9.59 Å². The molecule has 3 saturated carbocycles. The quantitative estimate of drug-likeness (QED) is 0.546. The van der Waals surface area contributed by atoms with E-state index in [4.69, 9.17) is 0 Å². The molecule has 4 aliphatic carbocycles. The molecule has 0 heterocycles. The molecule has 0 bridgehead atoms. The molecule has 0 aromatic heterocycles. The number of fused-ring (bicyclic) bond motifs is 5. The van der Waals surface area contributed by atoms with Crippen molar-refractivity contribution < 1.29 is 34.4 Å². The van der Waals surface area contributed by atoms with E-state index >= 15 is 4.39 Å². The number of aliphatic hydroxyl groups excluding tert-OH is 3. The maximum atomic E-state index is 16.8. The Bertz CT molecular complexity index is 807. The molecule has 3 fully saturated rings. The summed E-state index contributed by atoms with van der Waals surface area (Å²) < 4.78 is 16.8. The van der Waals surface area contributed by atoms with E-state index in [1.807, 2.05) is 0 Å². The van der Waals surface area contributed by atoms with E-state index in [0.717, 1.165) is 0 Å². The number of carbonyl (C=O) groups excluding carboxylic acids is 2. The highest BCUT2D eigenvalue weighted by Crippen LogP contribution is 2.69. The first-order chi connectivity index (χ1) is 13.0. The van der Waals surface area contributed by atoms with Crippen molar-refractivity contribution in [3.8, 4) is 0 Å². The fraction of sp³-hybridized carbons (Fsp3) is 0.714. The summed E-state index contributed by atoms with van der Waals surface area (Å²) in [6, 6.07) is 0. The van der Waals surface area contributed by atoms with Gasteiger partial charge < -0.3 is 20.4 Å². The van der Waals surface area contributed by atoms with Crippen LogP contribution in [0.3, 0.4) is 0 Å². The van der Waals surface area contributed by atoms with Crippen molar-refractivity contribution in [2.45, 2.75) is 63.0 Å². The van der Waals surface area contributed by atoms with Crippen molar-refractivity contribution in [3.63, 3.8) is 0 Å². The number of hydrogen-bond donors (Lipinski definition) is 4. The minimum atomic E-state index is -2.23. The number of allylic oxidation sites excluding steroid dienone is 4. The topological polar surface area (TPSA) is 115 Å². The summed E-state index contributed by atoms with van der Waals surface area (Å²) >= 11 is 0. The maximum Gasteiger partial charge on any atom is 0.192 e. The second-order valence-corrected chi connectivity index (χ2v) is 9.36. The third-order valence-corrected chi connectivity index (χ3v) is 8.43. The molecule has 0 radical (unpaired) electrons. The molecule has 6 nitrogen and oxygen atoms in total. The van der Waals surface area contributed by atoms with Gasteiger partial charge in [-0.25, -0.2) is 4.39 Å². The first kappa shape index (κ1) is 19.9. The van der Waals surface area contributed by atoms with Gasteiger partial charge in [-0.1, -0.05) is 18.6 Å². The Morgan fingerprint density at radius 3 is 2.57 bits per heavy atom. The van der Waals surface area contributed by atoms with Gasteiger partial charge in [-0.2, -0.15) is 0 Å². The molecule has 0 unspecified atom stereocenters. The Kier molecular flexibility index (Phi) is 4.13. The molecule has 4 aliphatic rings. The number of aliphatic hydroxyl groups is 4. The van der Waals surface area contributed by atoms with Crippen LogP contribution in [0.15, 0.2) is 23.8 Å². The monoisotopic (exact) mass is 394 g/mol. The van der Waals surface area contributed by atoms with Crippen LogP contribution in [0.2, 0.25) is 0 Å². The average Bonchev–Trinajstić information content (AvgIpc) is 2.84. The zero-order valence-electron chi connectivity index (χ0n) is 16.1. The summed E-state index contributed by atoms with van der Waals surface area (Å²) in [5.74, 6) is -2.38. The molecular formula is C21H27FO6. The van der Waals surface area contributed by atoms with Gasteiger partial charge in [0.15, 0.2) is 22.8 Å². The lowest BCUT2D eigenvalue weighted by Gasteiger charge is -2.62. The number of rotatable bonds is 2. The normalized spacial score (nSPS) is 52.5. The number of halogens is 1. The lowest BCUT2D eigenvalue weighted by molar-refractivity contribution is -0.222. The molecule has 4 rings (SSSR count). The number of alkyl halides is 1. The summed E-state index contributed by atoms with van der Waals surface area (Å²) in [6.07, 6.45) is 1.93. The SMILES string of the molecule is C[C@]12C=CC(=O)C=C1CC[C@H]1[C@H]3C[C@H](O)[C@](O)(C(=O)CO)[C@@]3(C)C[C@@H](O)[C@]12F. The predicted molar refractivity (Wildman–Crippen MR) is 96.8 cm³/mol. The molecule has 7 heteroatoms. The number of carbonyl (C=O) groups is 2. The van der Waals surface area contributed by atoms with Crippen LogP contribution in [0.5, 0.6) is 0 Å². The highest BCUT2D eigenvalue weighted by atomic mass is 19.1. The molecular weight excluding hydrogens is 367 g/mol. The van der Waals surface area contributed by atoms with E-state index in [1.54, 1.807) is 13.8 Å². The van der Waals surface area contributed by atoms with Gasteiger partial charge >= 0.3 is 0 Å². The predicted octanol–water partition coefficient (Wildman–Crippen LogP) is 0.620. The Balaban J connectivity index is 1.84. The van der Waals surface area contributed by atoms with Gasteiger partial charge in [-0.15, -0.1) is 0 Å².